The third-order valence-electron chi connectivity index (χ3n) is 2.52. The summed E-state index contributed by atoms with van der Waals surface area (Å²) >= 11 is 0. The number of halogens is 1. The van der Waals surface area contributed by atoms with Crippen LogP contribution in [0.4, 0.5) is 5.69 Å². The number of hydrogen-bond donors (Lipinski definition) is 0. The van der Waals surface area contributed by atoms with Crippen LogP contribution in [0.2, 0.25) is 0 Å². The van der Waals surface area contributed by atoms with Crippen LogP contribution in [0.15, 0.2) is 53.4 Å². The van der Waals surface area contributed by atoms with E-state index in [0.717, 1.165) is 0 Å². The molecule has 0 radical (unpaired) electrons. The molecule has 2 rings (SSSR count). The molecule has 0 amide bonds. The van der Waals surface area contributed by atoms with Crippen LogP contribution < -0.4 is 0 Å². The van der Waals surface area contributed by atoms with Crippen LogP contribution in [0.3, 0.4) is 0 Å². The third-order valence-corrected chi connectivity index (χ3v) is 3.90. The van der Waals surface area contributed by atoms with Crippen molar-refractivity contribution in [2.24, 2.45) is 0 Å². The number of nitro groups is 1. The van der Waals surface area contributed by atoms with Crippen LogP contribution in [0.25, 0.3) is 11.1 Å². The van der Waals surface area contributed by atoms with Gasteiger partial charge >= 0.3 is 0 Å². The van der Waals surface area contributed by atoms with Gasteiger partial charge in [-0.15, -0.1) is 0 Å². The van der Waals surface area contributed by atoms with E-state index in [-0.39, 0.29) is 10.6 Å². The predicted octanol–water partition coefficient (Wildman–Crippen LogP) is 3.19. The summed E-state index contributed by atoms with van der Waals surface area (Å²) in [7, 11) is 1.44. The molecule has 0 unspecified atom stereocenters. The van der Waals surface area contributed by atoms with Gasteiger partial charge in [0, 0.05) is 28.4 Å². The van der Waals surface area contributed by atoms with Crippen molar-refractivity contribution in [3.05, 3.63) is 58.6 Å². The molecule has 0 fully saturated rings. The lowest BCUT2D eigenvalue weighted by molar-refractivity contribution is -0.384. The molecular weight excluding hydrogens is 290 g/mol. The van der Waals surface area contributed by atoms with Crippen molar-refractivity contribution in [1.82, 2.24) is 0 Å². The van der Waals surface area contributed by atoms with Gasteiger partial charge in [0.1, 0.15) is 0 Å². The van der Waals surface area contributed by atoms with Gasteiger partial charge in [-0.3, -0.25) is 10.1 Å². The van der Waals surface area contributed by atoms with Crippen molar-refractivity contribution in [3.8, 4) is 11.1 Å². The second kappa shape index (κ2) is 4.99. The van der Waals surface area contributed by atoms with Crippen LogP contribution in [0, 0.1) is 10.1 Å². The first-order valence-corrected chi connectivity index (χ1v) is 7.49. The SMILES string of the molecule is O=[N+]([O-])c1cccc(-c2ccccc2S(=O)(=O)Cl)c1. The van der Waals surface area contributed by atoms with Gasteiger partial charge in [0.15, 0.2) is 0 Å². The predicted molar refractivity (Wildman–Crippen MR) is 71.6 cm³/mol. The highest BCUT2D eigenvalue weighted by molar-refractivity contribution is 8.13. The monoisotopic (exact) mass is 297 g/mol. The third kappa shape index (κ3) is 2.91. The number of nitrogens with zero attached hydrogens (tertiary/aromatic N) is 1. The van der Waals surface area contributed by atoms with E-state index < -0.39 is 14.0 Å². The molecule has 0 aliphatic rings. The van der Waals surface area contributed by atoms with E-state index in [1.54, 1.807) is 18.2 Å². The highest BCUT2D eigenvalue weighted by atomic mass is 35.7. The van der Waals surface area contributed by atoms with Gasteiger partial charge in [0.05, 0.1) is 9.82 Å². The van der Waals surface area contributed by atoms with Crippen LogP contribution >= 0.6 is 10.7 Å². The fraction of sp³-hybridized carbons (Fsp3) is 0. The van der Waals surface area contributed by atoms with Crippen molar-refractivity contribution >= 4 is 25.4 Å². The molecule has 0 aliphatic heterocycles. The van der Waals surface area contributed by atoms with Crippen LogP contribution in [0.1, 0.15) is 0 Å². The molecule has 0 atom stereocenters. The maximum Gasteiger partial charge on any atom is 0.270 e. The first kappa shape index (κ1) is 13.5. The lowest BCUT2D eigenvalue weighted by Gasteiger charge is -2.06. The van der Waals surface area contributed by atoms with Crippen molar-refractivity contribution < 1.29 is 13.3 Å². The Kier molecular flexibility index (Phi) is 3.55. The second-order valence-corrected chi connectivity index (χ2v) is 6.28. The quantitative estimate of drug-likeness (QED) is 0.495. The first-order valence-electron chi connectivity index (χ1n) is 5.18. The maximum atomic E-state index is 11.5. The summed E-state index contributed by atoms with van der Waals surface area (Å²) in [6.45, 7) is 0. The van der Waals surface area contributed by atoms with Gasteiger partial charge in [0.2, 0.25) is 0 Å². The molecule has 0 saturated carbocycles. The summed E-state index contributed by atoms with van der Waals surface area (Å²) in [5, 5.41) is 10.7. The normalized spacial score (nSPS) is 11.2. The maximum absolute atomic E-state index is 11.5. The minimum atomic E-state index is -3.91. The molecule has 0 saturated heterocycles. The highest BCUT2D eigenvalue weighted by Crippen LogP contribution is 2.31. The highest BCUT2D eigenvalue weighted by Gasteiger charge is 2.17. The topological polar surface area (TPSA) is 77.3 Å². The van der Waals surface area contributed by atoms with E-state index in [1.165, 1.54) is 30.3 Å². The molecule has 7 heteroatoms. The molecule has 0 N–H and O–H groups in total. The summed E-state index contributed by atoms with van der Waals surface area (Å²) in [6, 6.07) is 11.8. The van der Waals surface area contributed by atoms with E-state index in [1.807, 2.05) is 0 Å². The molecule has 2 aromatic rings. The van der Waals surface area contributed by atoms with Gasteiger partial charge in [0.25, 0.3) is 14.7 Å². The Morgan fingerprint density at radius 2 is 1.74 bits per heavy atom. The van der Waals surface area contributed by atoms with Crippen molar-refractivity contribution in [1.29, 1.82) is 0 Å². The lowest BCUT2D eigenvalue weighted by Crippen LogP contribution is -1.95. The van der Waals surface area contributed by atoms with E-state index in [2.05, 4.69) is 0 Å². The number of benzene rings is 2. The van der Waals surface area contributed by atoms with Crippen molar-refractivity contribution in [2.75, 3.05) is 0 Å². The molecular formula is C12H8ClNO4S. The zero-order valence-electron chi connectivity index (χ0n) is 9.49. The minimum absolute atomic E-state index is 0.0721. The van der Waals surface area contributed by atoms with E-state index >= 15 is 0 Å². The Labute approximate surface area is 114 Å². The summed E-state index contributed by atoms with van der Waals surface area (Å²) < 4.78 is 23.0. The molecule has 2 aromatic carbocycles. The Balaban J connectivity index is 2.66. The van der Waals surface area contributed by atoms with E-state index in [0.29, 0.717) is 11.1 Å². The Hall–Kier alpha value is -1.92. The minimum Gasteiger partial charge on any atom is -0.258 e. The first-order chi connectivity index (χ1) is 8.89. The summed E-state index contributed by atoms with van der Waals surface area (Å²) in [5.41, 5.74) is 0.648. The molecule has 98 valence electrons. The standard InChI is InChI=1S/C12H8ClNO4S/c13-19(17,18)12-7-2-1-6-11(12)9-4-3-5-10(8-9)14(15)16/h1-8H. The summed E-state index contributed by atoms with van der Waals surface area (Å²) in [6.07, 6.45) is 0. The van der Waals surface area contributed by atoms with Gasteiger partial charge in [-0.05, 0) is 11.6 Å². The number of non-ortho nitro benzene ring substituents is 1. The number of nitro benzene ring substituents is 1. The fourth-order valence-electron chi connectivity index (χ4n) is 1.70. The zero-order valence-corrected chi connectivity index (χ0v) is 11.1. The second-order valence-electron chi connectivity index (χ2n) is 3.74. The molecule has 0 aromatic heterocycles. The summed E-state index contributed by atoms with van der Waals surface area (Å²) in [5.74, 6) is 0. The van der Waals surface area contributed by atoms with E-state index in [4.69, 9.17) is 10.7 Å². The average molecular weight is 298 g/mol. The van der Waals surface area contributed by atoms with Crippen molar-refractivity contribution in [2.45, 2.75) is 4.90 Å². The smallest absolute Gasteiger partial charge is 0.258 e. The Morgan fingerprint density at radius 3 is 2.37 bits per heavy atom. The molecule has 0 bridgehead atoms. The van der Waals surface area contributed by atoms with Crippen LogP contribution in [-0.2, 0) is 9.05 Å². The average Bonchev–Trinajstić information content (AvgIpc) is 2.38. The van der Waals surface area contributed by atoms with Crippen LogP contribution in [-0.4, -0.2) is 13.3 Å². The molecule has 5 nitrogen and oxygen atoms in total. The Morgan fingerprint density at radius 1 is 1.05 bits per heavy atom. The number of rotatable bonds is 3. The van der Waals surface area contributed by atoms with Gasteiger partial charge in [-0.2, -0.15) is 0 Å². The lowest BCUT2D eigenvalue weighted by atomic mass is 10.1. The van der Waals surface area contributed by atoms with Gasteiger partial charge in [-0.25, -0.2) is 8.42 Å². The van der Waals surface area contributed by atoms with Gasteiger partial charge < -0.3 is 0 Å². The molecule has 0 aliphatic carbocycles. The largest absolute Gasteiger partial charge is 0.270 e. The van der Waals surface area contributed by atoms with Crippen molar-refractivity contribution in [3.63, 3.8) is 0 Å². The molecule has 0 spiro atoms. The van der Waals surface area contributed by atoms with Crippen LogP contribution in [0.5, 0.6) is 0 Å². The summed E-state index contributed by atoms with van der Waals surface area (Å²) in [4.78, 5) is 10.1. The Bertz CT molecular complexity index is 743. The van der Waals surface area contributed by atoms with Gasteiger partial charge in [-0.1, -0.05) is 30.3 Å². The van der Waals surface area contributed by atoms with E-state index in [9.17, 15) is 18.5 Å². The molecule has 19 heavy (non-hydrogen) atoms. The molecule has 0 heterocycles. The zero-order chi connectivity index (χ0) is 14.0. The fourth-order valence-corrected chi connectivity index (χ4v) is 2.80. The number of hydrogen-bond acceptors (Lipinski definition) is 4.